The first kappa shape index (κ1) is 14.1. The first-order chi connectivity index (χ1) is 5.92. The van der Waals surface area contributed by atoms with Gasteiger partial charge in [-0.2, -0.15) is 36.2 Å². The molecule has 0 atom stereocenters. The molecule has 0 nitrogen and oxygen atoms in total. The second kappa shape index (κ2) is 7.36. The summed E-state index contributed by atoms with van der Waals surface area (Å²) in [5.41, 5.74) is 0. The molecule has 0 aromatic heterocycles. The highest BCUT2D eigenvalue weighted by atomic mass is 32.2. The van der Waals surface area contributed by atoms with Crippen LogP contribution < -0.4 is 0 Å². The summed E-state index contributed by atoms with van der Waals surface area (Å²) < 4.78 is 0.207. The molecule has 0 amide bonds. The molecule has 0 spiro atoms. The summed E-state index contributed by atoms with van der Waals surface area (Å²) in [5.74, 6) is 3.82. The third-order valence-electron chi connectivity index (χ3n) is 1.54. The molecular weight excluding hydrogens is 216 g/mol. The second-order valence-corrected chi connectivity index (χ2v) is 8.21. The fourth-order valence-corrected chi connectivity index (χ4v) is 3.22. The van der Waals surface area contributed by atoms with Gasteiger partial charge < -0.3 is 0 Å². The van der Waals surface area contributed by atoms with Crippen LogP contribution in [0.15, 0.2) is 0 Å². The highest BCUT2D eigenvalue weighted by Gasteiger charge is 2.09. The molecule has 0 radical (unpaired) electrons. The Morgan fingerprint density at radius 2 is 1.77 bits per heavy atom. The van der Waals surface area contributed by atoms with Crippen molar-refractivity contribution in [3.63, 3.8) is 0 Å². The van der Waals surface area contributed by atoms with Crippen molar-refractivity contribution < 1.29 is 0 Å². The zero-order valence-corrected chi connectivity index (χ0v) is 11.7. The Bertz CT molecular complexity index is 116. The molecule has 3 heteroatoms. The van der Waals surface area contributed by atoms with Gasteiger partial charge in [0.15, 0.2) is 0 Å². The third kappa shape index (κ3) is 13.1. The van der Waals surface area contributed by atoms with Gasteiger partial charge in [-0.15, -0.1) is 0 Å². The van der Waals surface area contributed by atoms with Gasteiger partial charge in [0, 0.05) is 16.3 Å². The zero-order valence-electron chi connectivity index (χ0n) is 9.17. The average Bonchev–Trinajstić information content (AvgIpc) is 1.93. The number of hydrogen-bond donors (Lipinski definition) is 1. The van der Waals surface area contributed by atoms with Gasteiger partial charge in [-0.05, 0) is 17.4 Å². The second-order valence-electron chi connectivity index (χ2n) is 4.09. The molecule has 0 unspecified atom stereocenters. The number of thiol groups is 1. The molecular formula is C10H22S3. The standard InChI is InChI=1S/C10H22S3/c1-9(2)13-8-7-12-6-5-10(3,4)11/h9,11H,5-8H2,1-4H3. The van der Waals surface area contributed by atoms with Gasteiger partial charge in [0.25, 0.3) is 0 Å². The van der Waals surface area contributed by atoms with Gasteiger partial charge in [-0.1, -0.05) is 27.7 Å². The fraction of sp³-hybridized carbons (Fsp3) is 1.00. The highest BCUT2D eigenvalue weighted by Crippen LogP contribution is 2.20. The summed E-state index contributed by atoms with van der Waals surface area (Å²) >= 11 is 8.60. The molecule has 0 fully saturated rings. The van der Waals surface area contributed by atoms with Gasteiger partial charge in [0.1, 0.15) is 0 Å². The summed E-state index contributed by atoms with van der Waals surface area (Å²) in [6.07, 6.45) is 1.20. The summed E-state index contributed by atoms with van der Waals surface area (Å²) in [4.78, 5) is 0. The van der Waals surface area contributed by atoms with Gasteiger partial charge in [0.2, 0.25) is 0 Å². The minimum atomic E-state index is 0.207. The van der Waals surface area contributed by atoms with Crippen molar-refractivity contribution in [1.29, 1.82) is 0 Å². The number of hydrogen-bond acceptors (Lipinski definition) is 3. The first-order valence-electron chi connectivity index (χ1n) is 4.83. The third-order valence-corrected chi connectivity index (χ3v) is 4.11. The first-order valence-corrected chi connectivity index (χ1v) is 7.48. The maximum atomic E-state index is 4.49. The summed E-state index contributed by atoms with van der Waals surface area (Å²) in [6, 6.07) is 0. The lowest BCUT2D eigenvalue weighted by molar-refractivity contribution is 0.698. The minimum absolute atomic E-state index is 0.207. The van der Waals surface area contributed by atoms with Crippen LogP contribution in [0.1, 0.15) is 34.1 Å². The van der Waals surface area contributed by atoms with Crippen molar-refractivity contribution in [2.75, 3.05) is 17.3 Å². The van der Waals surface area contributed by atoms with Crippen LogP contribution in [0.2, 0.25) is 0 Å². The zero-order chi connectivity index (χ0) is 10.3. The van der Waals surface area contributed by atoms with Crippen LogP contribution in [0.25, 0.3) is 0 Å². The van der Waals surface area contributed by atoms with Crippen molar-refractivity contribution >= 4 is 36.2 Å². The lowest BCUT2D eigenvalue weighted by Crippen LogP contribution is -2.11. The van der Waals surface area contributed by atoms with E-state index in [4.69, 9.17) is 0 Å². The fourth-order valence-electron chi connectivity index (χ4n) is 0.767. The molecule has 0 aromatic carbocycles. The number of rotatable bonds is 7. The molecule has 0 aliphatic rings. The molecule has 13 heavy (non-hydrogen) atoms. The van der Waals surface area contributed by atoms with Crippen LogP contribution in [0.5, 0.6) is 0 Å². The Kier molecular flexibility index (Phi) is 7.95. The van der Waals surface area contributed by atoms with Crippen LogP contribution in [0.3, 0.4) is 0 Å². The highest BCUT2D eigenvalue weighted by molar-refractivity contribution is 8.03. The predicted molar refractivity (Wildman–Crippen MR) is 72.6 cm³/mol. The Labute approximate surface area is 97.4 Å². The molecule has 0 aliphatic carbocycles. The van der Waals surface area contributed by atoms with Crippen molar-refractivity contribution in [3.8, 4) is 0 Å². The van der Waals surface area contributed by atoms with E-state index in [2.05, 4.69) is 52.1 Å². The maximum absolute atomic E-state index is 4.49. The van der Waals surface area contributed by atoms with E-state index in [0.717, 1.165) is 5.25 Å². The van der Waals surface area contributed by atoms with E-state index >= 15 is 0 Å². The molecule has 0 bridgehead atoms. The summed E-state index contributed by atoms with van der Waals surface area (Å²) in [7, 11) is 0. The largest absolute Gasteiger partial charge is 0.173 e. The summed E-state index contributed by atoms with van der Waals surface area (Å²) in [5, 5.41) is 0.780. The van der Waals surface area contributed by atoms with Crippen LogP contribution >= 0.6 is 36.2 Å². The van der Waals surface area contributed by atoms with Crippen molar-refractivity contribution in [3.05, 3.63) is 0 Å². The predicted octanol–water partition coefficient (Wildman–Crippen LogP) is 3.96. The summed E-state index contributed by atoms with van der Waals surface area (Å²) in [6.45, 7) is 8.87. The van der Waals surface area contributed by atoms with Gasteiger partial charge in [0.05, 0.1) is 0 Å². The van der Waals surface area contributed by atoms with E-state index < -0.39 is 0 Å². The molecule has 0 saturated carbocycles. The van der Waals surface area contributed by atoms with E-state index in [1.807, 2.05) is 11.8 Å². The van der Waals surface area contributed by atoms with E-state index in [-0.39, 0.29) is 4.75 Å². The molecule has 0 heterocycles. The normalized spacial score (nSPS) is 12.5. The van der Waals surface area contributed by atoms with E-state index in [1.54, 1.807) is 0 Å². The van der Waals surface area contributed by atoms with Crippen molar-refractivity contribution in [1.82, 2.24) is 0 Å². The monoisotopic (exact) mass is 238 g/mol. The lowest BCUT2D eigenvalue weighted by atomic mass is 10.1. The number of thioether (sulfide) groups is 2. The van der Waals surface area contributed by atoms with Gasteiger partial charge in [-0.3, -0.25) is 0 Å². The van der Waals surface area contributed by atoms with Gasteiger partial charge >= 0.3 is 0 Å². The topological polar surface area (TPSA) is 0 Å². The smallest absolute Gasteiger partial charge is 0.00810 e. The lowest BCUT2D eigenvalue weighted by Gasteiger charge is -2.16. The molecule has 0 aliphatic heterocycles. The Morgan fingerprint density at radius 1 is 1.15 bits per heavy atom. The molecule has 0 rings (SSSR count). The molecule has 0 saturated heterocycles. The van der Waals surface area contributed by atoms with Crippen LogP contribution in [-0.2, 0) is 0 Å². The molecule has 0 N–H and O–H groups in total. The van der Waals surface area contributed by atoms with E-state index in [0.29, 0.717) is 0 Å². The van der Waals surface area contributed by atoms with E-state index in [9.17, 15) is 0 Å². The SMILES string of the molecule is CC(C)SCCSCCC(C)(C)S. The maximum Gasteiger partial charge on any atom is 0.00810 e. The van der Waals surface area contributed by atoms with Gasteiger partial charge in [-0.25, -0.2) is 0 Å². The Balaban J connectivity index is 3.09. The van der Waals surface area contributed by atoms with Crippen molar-refractivity contribution in [2.24, 2.45) is 0 Å². The quantitative estimate of drug-likeness (QED) is 0.527. The minimum Gasteiger partial charge on any atom is -0.173 e. The van der Waals surface area contributed by atoms with Crippen molar-refractivity contribution in [2.45, 2.75) is 44.1 Å². The molecule has 80 valence electrons. The Hall–Kier alpha value is 1.05. The van der Waals surface area contributed by atoms with E-state index in [1.165, 1.54) is 23.7 Å². The molecule has 0 aromatic rings. The average molecular weight is 238 g/mol. The van der Waals surface area contributed by atoms with Crippen LogP contribution in [0, 0.1) is 0 Å². The van der Waals surface area contributed by atoms with Crippen LogP contribution in [-0.4, -0.2) is 27.3 Å². The Morgan fingerprint density at radius 3 is 2.23 bits per heavy atom. The van der Waals surface area contributed by atoms with Crippen LogP contribution in [0.4, 0.5) is 0 Å².